The van der Waals surface area contributed by atoms with Crippen molar-refractivity contribution in [3.05, 3.63) is 240 Å². The Labute approximate surface area is 343 Å². The molecule has 0 N–H and O–H groups in total. The quantitative estimate of drug-likeness (QED) is 0.170. The third-order valence-corrected chi connectivity index (χ3v) is 12.1. The van der Waals surface area contributed by atoms with Gasteiger partial charge in [-0.05, 0) is 117 Å². The van der Waals surface area contributed by atoms with Crippen LogP contribution in [0.2, 0.25) is 0 Å². The Morgan fingerprint density at radius 2 is 0.831 bits per heavy atom. The third-order valence-electron chi connectivity index (χ3n) is 12.1. The number of nitrogens with zero attached hydrogens (tertiary/aromatic N) is 4. The van der Waals surface area contributed by atoms with Crippen LogP contribution >= 0.6 is 0 Å². The van der Waals surface area contributed by atoms with E-state index in [4.69, 9.17) is 0 Å². The lowest BCUT2D eigenvalue weighted by Gasteiger charge is -2.34. The summed E-state index contributed by atoms with van der Waals surface area (Å²) in [5, 5.41) is 23.1. The average molecular weight is 751 g/mol. The predicted octanol–water partition coefficient (Wildman–Crippen LogP) is 13.9. The van der Waals surface area contributed by atoms with Crippen LogP contribution in [0, 0.1) is 22.7 Å². The third kappa shape index (κ3) is 4.94. The molecule has 0 atom stereocenters. The molecule has 9 aromatic rings. The van der Waals surface area contributed by atoms with Gasteiger partial charge in [0.2, 0.25) is 0 Å². The smallest absolute Gasteiger partial charge is 0.101 e. The van der Waals surface area contributed by atoms with Crippen molar-refractivity contribution in [3.63, 3.8) is 0 Å². The molecule has 4 nitrogen and oxygen atoms in total. The Kier molecular flexibility index (Phi) is 7.80. The summed E-state index contributed by atoms with van der Waals surface area (Å²) in [6, 6.07) is 77.0. The summed E-state index contributed by atoms with van der Waals surface area (Å²) in [7, 11) is 0. The second kappa shape index (κ2) is 13.5. The van der Waals surface area contributed by atoms with Crippen LogP contribution < -0.4 is 9.80 Å². The van der Waals surface area contributed by atoms with E-state index in [2.05, 4.69) is 155 Å². The van der Waals surface area contributed by atoms with Gasteiger partial charge in [0.25, 0.3) is 0 Å². The summed E-state index contributed by atoms with van der Waals surface area (Å²) < 4.78 is 0. The zero-order chi connectivity index (χ0) is 39.5. The van der Waals surface area contributed by atoms with Crippen LogP contribution in [-0.2, 0) is 5.41 Å². The molecule has 2 aliphatic carbocycles. The second-order valence-corrected chi connectivity index (χ2v) is 15.0. The molecule has 2 aliphatic rings. The summed E-state index contributed by atoms with van der Waals surface area (Å²) in [4.78, 5) is 4.47. The maximum absolute atomic E-state index is 10.5. The van der Waals surface area contributed by atoms with Crippen LogP contribution in [-0.4, -0.2) is 0 Å². The van der Waals surface area contributed by atoms with Crippen LogP contribution in [0.5, 0.6) is 0 Å². The first-order chi connectivity index (χ1) is 29.2. The SMILES string of the molecule is N#Cc1ccccc1N(c1ccccc1)c1ccc2c(c1)C1(c3ccccc3-c3ccccc31)c1cc(N(c3ccccc3)c3ccccc3C#N)c3ccccc3c1-2. The van der Waals surface area contributed by atoms with Gasteiger partial charge in [-0.25, -0.2) is 0 Å². The molecule has 0 radical (unpaired) electrons. The van der Waals surface area contributed by atoms with Crippen molar-refractivity contribution in [2.24, 2.45) is 0 Å². The molecule has 4 heteroatoms. The Morgan fingerprint density at radius 3 is 1.44 bits per heavy atom. The van der Waals surface area contributed by atoms with E-state index >= 15 is 0 Å². The zero-order valence-corrected chi connectivity index (χ0v) is 31.9. The predicted molar refractivity (Wildman–Crippen MR) is 239 cm³/mol. The molecule has 0 amide bonds. The van der Waals surface area contributed by atoms with E-state index in [1.54, 1.807) is 0 Å². The molecule has 9 aromatic carbocycles. The number of fused-ring (bicyclic) bond motifs is 12. The highest BCUT2D eigenvalue weighted by Gasteiger charge is 2.52. The van der Waals surface area contributed by atoms with E-state index in [0.29, 0.717) is 11.1 Å². The van der Waals surface area contributed by atoms with Crippen LogP contribution in [0.4, 0.5) is 34.1 Å². The van der Waals surface area contributed by atoms with Crippen molar-refractivity contribution in [1.82, 2.24) is 0 Å². The number of hydrogen-bond donors (Lipinski definition) is 0. The van der Waals surface area contributed by atoms with Gasteiger partial charge < -0.3 is 9.80 Å². The number of hydrogen-bond acceptors (Lipinski definition) is 4. The molecule has 1 spiro atoms. The van der Waals surface area contributed by atoms with Crippen molar-refractivity contribution in [1.29, 1.82) is 10.5 Å². The van der Waals surface area contributed by atoms with Gasteiger partial charge >= 0.3 is 0 Å². The minimum atomic E-state index is -0.694. The monoisotopic (exact) mass is 750 g/mol. The molecular weight excluding hydrogens is 717 g/mol. The van der Waals surface area contributed by atoms with Gasteiger partial charge in [0, 0.05) is 22.4 Å². The fraction of sp³-hybridized carbons (Fsp3) is 0.0182. The minimum Gasteiger partial charge on any atom is -0.309 e. The summed E-state index contributed by atoms with van der Waals surface area (Å²) >= 11 is 0. The van der Waals surface area contributed by atoms with Gasteiger partial charge in [-0.1, -0.05) is 140 Å². The summed E-state index contributed by atoms with van der Waals surface area (Å²) in [5.74, 6) is 0. The standard InChI is InChI=1S/C55H34N4/c56-35-37-17-7-15-29-51(37)58(39-19-3-1-4-20-39)41-31-32-46-49(33-41)55(47-27-13-11-23-42(47)43-24-12-14-28-48(43)55)50-34-53(44-25-9-10-26-45(44)54(46)50)59(40-21-5-2-6-22-40)52-30-16-8-18-38(52)36-57/h1-34H. The Bertz CT molecular complexity index is 3160. The highest BCUT2D eigenvalue weighted by molar-refractivity contribution is 6.12. The van der Waals surface area contributed by atoms with Gasteiger partial charge in [0.15, 0.2) is 0 Å². The molecule has 0 unspecified atom stereocenters. The Hall–Kier alpha value is -8.18. The Balaban J connectivity index is 1.28. The molecule has 0 fully saturated rings. The van der Waals surface area contributed by atoms with Crippen LogP contribution in [0.1, 0.15) is 33.4 Å². The van der Waals surface area contributed by atoms with E-state index in [0.717, 1.165) is 44.9 Å². The van der Waals surface area contributed by atoms with Crippen molar-refractivity contribution in [2.75, 3.05) is 9.80 Å². The molecule has 0 saturated carbocycles. The van der Waals surface area contributed by atoms with E-state index in [9.17, 15) is 10.5 Å². The largest absolute Gasteiger partial charge is 0.309 e. The number of benzene rings is 9. The van der Waals surface area contributed by atoms with E-state index < -0.39 is 5.41 Å². The van der Waals surface area contributed by atoms with Crippen molar-refractivity contribution < 1.29 is 0 Å². The zero-order valence-electron chi connectivity index (χ0n) is 31.9. The molecule has 0 heterocycles. The lowest BCUT2D eigenvalue weighted by atomic mass is 9.70. The molecule has 59 heavy (non-hydrogen) atoms. The average Bonchev–Trinajstić information content (AvgIpc) is 3.77. The van der Waals surface area contributed by atoms with Crippen molar-refractivity contribution >= 4 is 44.9 Å². The lowest BCUT2D eigenvalue weighted by Crippen LogP contribution is -2.26. The van der Waals surface area contributed by atoms with Gasteiger partial charge in [-0.2, -0.15) is 10.5 Å². The normalized spacial score (nSPS) is 12.5. The lowest BCUT2D eigenvalue weighted by molar-refractivity contribution is 0.794. The fourth-order valence-electron chi connectivity index (χ4n) is 9.80. The fourth-order valence-corrected chi connectivity index (χ4v) is 9.80. The van der Waals surface area contributed by atoms with E-state index in [-0.39, 0.29) is 0 Å². The first-order valence-electron chi connectivity index (χ1n) is 19.8. The first-order valence-corrected chi connectivity index (χ1v) is 19.8. The molecule has 11 rings (SSSR count). The van der Waals surface area contributed by atoms with Crippen LogP contribution in [0.25, 0.3) is 33.0 Å². The van der Waals surface area contributed by atoms with Crippen LogP contribution in [0.15, 0.2) is 206 Å². The minimum absolute atomic E-state index is 0.596. The highest BCUT2D eigenvalue weighted by atomic mass is 15.2. The van der Waals surface area contributed by atoms with Gasteiger partial charge in [-0.3, -0.25) is 0 Å². The molecule has 274 valence electrons. The molecule has 0 aliphatic heterocycles. The summed E-state index contributed by atoms with van der Waals surface area (Å²) in [6.07, 6.45) is 0. The van der Waals surface area contributed by atoms with Crippen molar-refractivity contribution in [2.45, 2.75) is 5.41 Å². The van der Waals surface area contributed by atoms with Gasteiger partial charge in [0.1, 0.15) is 12.1 Å². The molecule has 0 bridgehead atoms. The highest BCUT2D eigenvalue weighted by Crippen LogP contribution is 2.65. The van der Waals surface area contributed by atoms with E-state index in [1.807, 2.05) is 72.8 Å². The molecular formula is C55H34N4. The Morgan fingerprint density at radius 1 is 0.339 bits per heavy atom. The number of rotatable bonds is 6. The maximum Gasteiger partial charge on any atom is 0.101 e. The van der Waals surface area contributed by atoms with Gasteiger partial charge in [0.05, 0.1) is 33.6 Å². The summed E-state index contributed by atoms with van der Waals surface area (Å²) in [6.45, 7) is 0. The topological polar surface area (TPSA) is 54.1 Å². The van der Waals surface area contributed by atoms with Gasteiger partial charge in [-0.15, -0.1) is 0 Å². The first kappa shape index (κ1) is 34.1. The van der Waals surface area contributed by atoms with Crippen LogP contribution in [0.3, 0.4) is 0 Å². The number of nitriles is 2. The molecule has 0 saturated heterocycles. The summed E-state index contributed by atoms with van der Waals surface area (Å²) in [5.41, 5.74) is 15.7. The molecule has 0 aromatic heterocycles. The second-order valence-electron chi connectivity index (χ2n) is 15.0. The number of anilines is 6. The van der Waals surface area contributed by atoms with E-state index in [1.165, 1.54) is 44.5 Å². The van der Waals surface area contributed by atoms with Crippen molar-refractivity contribution in [3.8, 4) is 34.4 Å². The maximum atomic E-state index is 10.5. The number of para-hydroxylation sites is 4.